The molecule has 0 bridgehead atoms. The zero-order chi connectivity index (χ0) is 43.3. The van der Waals surface area contributed by atoms with Crippen LogP contribution in [0.4, 0.5) is 0 Å². The number of nitrogens with zero attached hydrogens (tertiary/aromatic N) is 6. The minimum atomic E-state index is 1.08. The molecule has 0 aromatic rings. The van der Waals surface area contributed by atoms with Crippen molar-refractivity contribution in [3.63, 3.8) is 0 Å². The first-order valence-corrected chi connectivity index (χ1v) is 24.5. The molecule has 0 fully saturated rings. The fourth-order valence-electron chi connectivity index (χ4n) is 8.04. The minimum Gasteiger partial charge on any atom is -0.320 e. The zero-order valence-electron chi connectivity index (χ0n) is 40.8. The molecule has 0 heterocycles. The van der Waals surface area contributed by atoms with E-state index in [0.717, 1.165) is 59.0 Å². The predicted molar refractivity (Wildman–Crippen MR) is 261 cm³/mol. The molecule has 0 aromatic carbocycles. The molecule has 0 radical (unpaired) electrons. The maximum absolute atomic E-state index is 3.37. The summed E-state index contributed by atoms with van der Waals surface area (Å²) < 4.78 is 0. The molecule has 0 unspecified atom stereocenters. The molecular formula is C45H106N14. The van der Waals surface area contributed by atoms with Crippen LogP contribution in [0.5, 0.6) is 0 Å². The van der Waals surface area contributed by atoms with Gasteiger partial charge in [0.05, 0.1) is 6.67 Å². The fourth-order valence-corrected chi connectivity index (χ4v) is 8.04. The average Bonchev–Trinajstić information content (AvgIpc) is 3.23. The van der Waals surface area contributed by atoms with Gasteiger partial charge in [-0.1, -0.05) is 0 Å². The molecule has 14 heteroatoms. The second-order valence-corrected chi connectivity index (χ2v) is 16.8. The second kappa shape index (κ2) is 46.9. The Morgan fingerprint density at radius 3 is 0.475 bits per heavy atom. The Kier molecular flexibility index (Phi) is 46.5. The van der Waals surface area contributed by atoms with E-state index >= 15 is 0 Å². The van der Waals surface area contributed by atoms with Crippen molar-refractivity contribution in [2.75, 3.05) is 220 Å². The third-order valence-corrected chi connectivity index (χ3v) is 11.4. The fraction of sp³-hybridized carbons (Fsp3) is 1.00. The Morgan fingerprint density at radius 2 is 0.322 bits per heavy atom. The van der Waals surface area contributed by atoms with Crippen LogP contribution in [0.2, 0.25) is 0 Å². The predicted octanol–water partition coefficient (Wildman–Crippen LogP) is 1.19. The van der Waals surface area contributed by atoms with Crippen LogP contribution in [0, 0.1) is 0 Å². The van der Waals surface area contributed by atoms with E-state index in [9.17, 15) is 0 Å². The van der Waals surface area contributed by atoms with E-state index in [1.54, 1.807) is 0 Å². The highest BCUT2D eigenvalue weighted by atomic mass is 15.3. The van der Waals surface area contributed by atoms with Crippen molar-refractivity contribution in [2.45, 2.75) is 77.0 Å². The molecule has 0 aromatic heterocycles. The Balaban J connectivity index is 6.07. The second-order valence-electron chi connectivity index (χ2n) is 16.8. The molecular weight excluding hydrogens is 737 g/mol. The highest BCUT2D eigenvalue weighted by Crippen LogP contribution is 2.08. The molecule has 0 rings (SSSR count). The van der Waals surface area contributed by atoms with Crippen molar-refractivity contribution in [2.24, 2.45) is 0 Å². The van der Waals surface area contributed by atoms with Gasteiger partial charge in [-0.15, -0.1) is 0 Å². The Bertz CT molecular complexity index is 638. The molecule has 0 spiro atoms. The Labute approximate surface area is 368 Å². The first-order valence-electron chi connectivity index (χ1n) is 24.5. The summed E-state index contributed by atoms with van der Waals surface area (Å²) in [6.45, 7) is 28.7. The van der Waals surface area contributed by atoms with E-state index in [0.29, 0.717) is 0 Å². The van der Waals surface area contributed by atoms with Crippen LogP contribution in [0.15, 0.2) is 0 Å². The largest absolute Gasteiger partial charge is 0.320 e. The first kappa shape index (κ1) is 58.4. The SMILES string of the molecule is CNCCCN(CCCNC)CCCN(CCCN(CCCNC)CCCNC)CN(CCCN(CCCNC)CCCNC)CCCN(CCCNC)CCCNC. The quantitative estimate of drug-likeness (QED) is 0.0332. The molecule has 0 saturated carbocycles. The van der Waals surface area contributed by atoms with E-state index in [2.05, 4.69) is 128 Å². The molecule has 0 aliphatic rings. The normalized spacial score (nSPS) is 12.3. The van der Waals surface area contributed by atoms with Crippen molar-refractivity contribution in [1.29, 1.82) is 0 Å². The van der Waals surface area contributed by atoms with E-state index in [1.807, 2.05) is 0 Å². The van der Waals surface area contributed by atoms with Crippen molar-refractivity contribution in [3.8, 4) is 0 Å². The maximum Gasteiger partial charge on any atom is 0.0506 e. The van der Waals surface area contributed by atoms with Gasteiger partial charge in [-0.25, -0.2) is 0 Å². The number of hydrogen-bond donors (Lipinski definition) is 8. The standard InChI is InChI=1S/C45H106N14/c1-46-21-9-29-54(30-10-22-47-2)37-17-41-58(42-18-38-55(31-11-23-48-3)32-12-24-49-4)45-59(43-19-39-56(33-13-25-50-5)34-14-26-51-6)44-20-40-57(35-15-27-52-7)36-16-28-53-8/h46-53H,9-45H2,1-8H3. The third-order valence-electron chi connectivity index (χ3n) is 11.4. The van der Waals surface area contributed by atoms with Gasteiger partial charge >= 0.3 is 0 Å². The number of rotatable bonds is 50. The molecule has 59 heavy (non-hydrogen) atoms. The van der Waals surface area contributed by atoms with E-state index in [4.69, 9.17) is 0 Å². The van der Waals surface area contributed by atoms with Crippen LogP contribution in [0.3, 0.4) is 0 Å². The molecule has 0 amide bonds. The molecule has 14 nitrogen and oxygen atoms in total. The highest BCUT2D eigenvalue weighted by molar-refractivity contribution is 4.71. The molecule has 0 atom stereocenters. The van der Waals surface area contributed by atoms with Crippen molar-refractivity contribution in [3.05, 3.63) is 0 Å². The first-order chi connectivity index (χ1) is 29.0. The lowest BCUT2D eigenvalue weighted by molar-refractivity contribution is 0.108. The molecule has 0 saturated heterocycles. The topological polar surface area (TPSA) is 116 Å². The van der Waals surface area contributed by atoms with Gasteiger partial charge in [-0.05, 0) is 264 Å². The average molecular weight is 843 g/mol. The molecule has 356 valence electrons. The summed E-state index contributed by atoms with van der Waals surface area (Å²) in [6, 6.07) is 0. The van der Waals surface area contributed by atoms with Crippen molar-refractivity contribution in [1.82, 2.24) is 71.9 Å². The molecule has 8 N–H and O–H groups in total. The van der Waals surface area contributed by atoms with Gasteiger partial charge in [0.2, 0.25) is 0 Å². The third kappa shape index (κ3) is 38.8. The molecule has 0 aliphatic carbocycles. The van der Waals surface area contributed by atoms with Crippen molar-refractivity contribution >= 4 is 0 Å². The van der Waals surface area contributed by atoms with E-state index in [-0.39, 0.29) is 0 Å². The smallest absolute Gasteiger partial charge is 0.0506 e. The maximum atomic E-state index is 3.37. The summed E-state index contributed by atoms with van der Waals surface area (Å²) in [5, 5.41) is 26.9. The highest BCUT2D eigenvalue weighted by Gasteiger charge is 2.16. The van der Waals surface area contributed by atoms with Crippen LogP contribution in [0.25, 0.3) is 0 Å². The summed E-state index contributed by atoms with van der Waals surface area (Å²) in [6.07, 6.45) is 14.6. The van der Waals surface area contributed by atoms with Crippen LogP contribution < -0.4 is 42.5 Å². The van der Waals surface area contributed by atoms with Gasteiger partial charge in [-0.2, -0.15) is 0 Å². The van der Waals surface area contributed by atoms with Gasteiger partial charge in [0, 0.05) is 26.2 Å². The summed E-state index contributed by atoms with van der Waals surface area (Å²) in [7, 11) is 16.6. The van der Waals surface area contributed by atoms with Crippen molar-refractivity contribution < 1.29 is 0 Å². The number of hydrogen-bond acceptors (Lipinski definition) is 14. The summed E-state index contributed by atoms with van der Waals surface area (Å²) in [5.41, 5.74) is 0. The van der Waals surface area contributed by atoms with Gasteiger partial charge in [0.15, 0.2) is 0 Å². The Morgan fingerprint density at radius 1 is 0.186 bits per heavy atom. The van der Waals surface area contributed by atoms with Crippen LogP contribution in [-0.4, -0.2) is 250 Å². The number of nitrogens with one attached hydrogen (secondary N) is 8. The van der Waals surface area contributed by atoms with Crippen LogP contribution in [-0.2, 0) is 0 Å². The summed E-state index contributed by atoms with van der Waals surface area (Å²) in [4.78, 5) is 16.6. The lowest BCUT2D eigenvalue weighted by atomic mass is 10.2. The molecule has 0 aliphatic heterocycles. The Hall–Kier alpha value is -0.560. The zero-order valence-corrected chi connectivity index (χ0v) is 40.8. The van der Waals surface area contributed by atoms with E-state index in [1.165, 1.54) is 182 Å². The monoisotopic (exact) mass is 843 g/mol. The van der Waals surface area contributed by atoms with Gasteiger partial charge in [0.25, 0.3) is 0 Å². The van der Waals surface area contributed by atoms with Gasteiger partial charge in [0.1, 0.15) is 0 Å². The minimum absolute atomic E-state index is 1.08. The lowest BCUT2D eigenvalue weighted by Crippen LogP contribution is -2.43. The summed E-state index contributed by atoms with van der Waals surface area (Å²) in [5.74, 6) is 0. The van der Waals surface area contributed by atoms with E-state index < -0.39 is 0 Å². The van der Waals surface area contributed by atoms with Crippen LogP contribution in [0.1, 0.15) is 77.0 Å². The van der Waals surface area contributed by atoms with Crippen LogP contribution >= 0.6 is 0 Å². The van der Waals surface area contributed by atoms with Gasteiger partial charge < -0.3 is 62.1 Å². The lowest BCUT2D eigenvalue weighted by Gasteiger charge is -2.33. The van der Waals surface area contributed by atoms with Gasteiger partial charge in [-0.3, -0.25) is 9.80 Å². The summed E-state index contributed by atoms with van der Waals surface area (Å²) >= 11 is 0.